The fourth-order valence-electron chi connectivity index (χ4n) is 2.39. The molecule has 2 aliphatic rings. The van der Waals surface area contributed by atoms with E-state index in [0.29, 0.717) is 6.54 Å². The summed E-state index contributed by atoms with van der Waals surface area (Å²) in [5.74, 6) is -0.0475. The number of hydrogen-bond donors (Lipinski definition) is 0. The van der Waals surface area contributed by atoms with Gasteiger partial charge in [0.2, 0.25) is 0 Å². The fraction of sp³-hybridized carbons (Fsp3) is 0.636. The molecule has 0 radical (unpaired) electrons. The smallest absolute Gasteiger partial charge is 0.311 e. The molecule has 2 rings (SSSR count). The minimum absolute atomic E-state index is 0.0475. The van der Waals surface area contributed by atoms with Gasteiger partial charge in [-0.15, -0.1) is 6.58 Å². The molecule has 0 unspecified atom stereocenters. The summed E-state index contributed by atoms with van der Waals surface area (Å²) in [5, 5.41) is 0. The van der Waals surface area contributed by atoms with Crippen LogP contribution in [-0.4, -0.2) is 40.9 Å². The van der Waals surface area contributed by atoms with Crippen LogP contribution in [0.1, 0.15) is 25.7 Å². The first-order valence-electron chi connectivity index (χ1n) is 5.46. The van der Waals surface area contributed by atoms with Crippen LogP contribution in [0.3, 0.4) is 0 Å². The van der Waals surface area contributed by atoms with Gasteiger partial charge in [-0.2, -0.15) is 0 Å². The van der Waals surface area contributed by atoms with Gasteiger partial charge in [-0.3, -0.25) is 9.69 Å². The Hall–Kier alpha value is -1.32. The number of urea groups is 1. The van der Waals surface area contributed by atoms with E-state index in [-0.39, 0.29) is 24.5 Å². The van der Waals surface area contributed by atoms with E-state index >= 15 is 0 Å². The highest BCUT2D eigenvalue weighted by Crippen LogP contribution is 2.26. The summed E-state index contributed by atoms with van der Waals surface area (Å²) in [5.41, 5.74) is 0. The molecular formula is C11H16N2O2. The Balaban J connectivity index is 2.08. The van der Waals surface area contributed by atoms with E-state index in [2.05, 4.69) is 6.58 Å². The van der Waals surface area contributed by atoms with E-state index in [0.717, 1.165) is 25.7 Å². The predicted octanol–water partition coefficient (Wildman–Crippen LogP) is 1.38. The van der Waals surface area contributed by atoms with E-state index in [1.165, 1.54) is 4.90 Å². The number of carbonyl (C=O) groups is 2. The zero-order valence-corrected chi connectivity index (χ0v) is 8.82. The van der Waals surface area contributed by atoms with Crippen LogP contribution in [0.25, 0.3) is 0 Å². The average molecular weight is 208 g/mol. The lowest BCUT2D eigenvalue weighted by Gasteiger charge is -2.21. The van der Waals surface area contributed by atoms with Crippen LogP contribution in [0.4, 0.5) is 4.79 Å². The Labute approximate surface area is 89.5 Å². The standard InChI is InChI=1S/C11H16N2O2/c1-2-7-12-8-10(14)13(11(12)15)9-5-3-4-6-9/h2,9H,1,3-8H2. The Morgan fingerprint density at radius 3 is 2.60 bits per heavy atom. The van der Waals surface area contributed by atoms with Gasteiger partial charge in [0, 0.05) is 12.6 Å². The van der Waals surface area contributed by atoms with Crippen molar-refractivity contribution >= 4 is 11.9 Å². The monoisotopic (exact) mass is 208 g/mol. The van der Waals surface area contributed by atoms with Gasteiger partial charge in [0.05, 0.1) is 0 Å². The predicted molar refractivity (Wildman–Crippen MR) is 56.3 cm³/mol. The molecule has 3 amide bonds. The Kier molecular flexibility index (Phi) is 2.75. The molecule has 4 nitrogen and oxygen atoms in total. The van der Waals surface area contributed by atoms with Gasteiger partial charge >= 0.3 is 6.03 Å². The minimum atomic E-state index is -0.133. The Morgan fingerprint density at radius 2 is 2.00 bits per heavy atom. The molecular weight excluding hydrogens is 192 g/mol. The van der Waals surface area contributed by atoms with Crippen LogP contribution in [0.5, 0.6) is 0 Å². The van der Waals surface area contributed by atoms with E-state index in [1.54, 1.807) is 11.0 Å². The maximum Gasteiger partial charge on any atom is 0.327 e. The lowest BCUT2D eigenvalue weighted by Crippen LogP contribution is -2.39. The average Bonchev–Trinajstić information content (AvgIpc) is 2.77. The maximum absolute atomic E-state index is 11.9. The van der Waals surface area contributed by atoms with Crippen LogP contribution in [0, 0.1) is 0 Å². The third-order valence-corrected chi connectivity index (χ3v) is 3.11. The molecule has 0 spiro atoms. The van der Waals surface area contributed by atoms with Crippen molar-refractivity contribution in [2.24, 2.45) is 0 Å². The van der Waals surface area contributed by atoms with Gasteiger partial charge in [-0.25, -0.2) is 4.79 Å². The number of rotatable bonds is 3. The molecule has 1 heterocycles. The van der Waals surface area contributed by atoms with Gasteiger partial charge in [0.15, 0.2) is 0 Å². The van der Waals surface area contributed by atoms with Crippen molar-refractivity contribution in [3.8, 4) is 0 Å². The molecule has 0 N–H and O–H groups in total. The summed E-state index contributed by atoms with van der Waals surface area (Å²) in [6.45, 7) is 4.27. The lowest BCUT2D eigenvalue weighted by molar-refractivity contribution is -0.126. The molecule has 4 heteroatoms. The van der Waals surface area contributed by atoms with E-state index in [9.17, 15) is 9.59 Å². The summed E-state index contributed by atoms with van der Waals surface area (Å²) in [6, 6.07) is 0.0200. The molecule has 0 aromatic heterocycles. The number of carbonyl (C=O) groups excluding carboxylic acids is 2. The first kappa shape index (κ1) is 10.2. The summed E-state index contributed by atoms with van der Waals surface area (Å²) < 4.78 is 0. The molecule has 0 atom stereocenters. The molecule has 0 bridgehead atoms. The van der Waals surface area contributed by atoms with E-state index < -0.39 is 0 Å². The van der Waals surface area contributed by atoms with Gasteiger partial charge < -0.3 is 4.90 Å². The first-order chi connectivity index (χ1) is 7.24. The lowest BCUT2D eigenvalue weighted by atomic mass is 10.2. The van der Waals surface area contributed by atoms with Crippen molar-refractivity contribution in [2.45, 2.75) is 31.7 Å². The van der Waals surface area contributed by atoms with Gasteiger partial charge in [0.1, 0.15) is 6.54 Å². The molecule has 82 valence electrons. The molecule has 1 saturated heterocycles. The molecule has 1 aliphatic heterocycles. The highest BCUT2D eigenvalue weighted by molar-refractivity contribution is 6.02. The summed E-state index contributed by atoms with van der Waals surface area (Å²) >= 11 is 0. The van der Waals surface area contributed by atoms with Crippen LogP contribution < -0.4 is 0 Å². The fourth-order valence-corrected chi connectivity index (χ4v) is 2.39. The second-order valence-corrected chi connectivity index (χ2v) is 4.15. The van der Waals surface area contributed by atoms with Gasteiger partial charge in [-0.05, 0) is 12.8 Å². The highest BCUT2D eigenvalue weighted by atomic mass is 16.2. The second kappa shape index (κ2) is 4.04. The van der Waals surface area contributed by atoms with Crippen LogP contribution in [0.2, 0.25) is 0 Å². The third-order valence-electron chi connectivity index (χ3n) is 3.11. The minimum Gasteiger partial charge on any atom is -0.311 e. The molecule has 1 aliphatic carbocycles. The zero-order valence-electron chi connectivity index (χ0n) is 8.82. The molecule has 15 heavy (non-hydrogen) atoms. The SMILES string of the molecule is C=CCN1CC(=O)N(C2CCCC2)C1=O. The topological polar surface area (TPSA) is 40.6 Å². The van der Waals surface area contributed by atoms with E-state index in [1.807, 2.05) is 0 Å². The highest BCUT2D eigenvalue weighted by Gasteiger charge is 2.40. The number of nitrogens with zero attached hydrogens (tertiary/aromatic N) is 2. The van der Waals surface area contributed by atoms with Crippen molar-refractivity contribution in [2.75, 3.05) is 13.1 Å². The normalized spacial score (nSPS) is 22.9. The van der Waals surface area contributed by atoms with E-state index in [4.69, 9.17) is 0 Å². The Morgan fingerprint density at radius 1 is 1.33 bits per heavy atom. The summed E-state index contributed by atoms with van der Waals surface area (Å²) in [4.78, 5) is 26.6. The van der Waals surface area contributed by atoms with Crippen LogP contribution >= 0.6 is 0 Å². The molecule has 1 saturated carbocycles. The third kappa shape index (κ3) is 1.76. The van der Waals surface area contributed by atoms with Crippen LogP contribution in [0.15, 0.2) is 12.7 Å². The largest absolute Gasteiger partial charge is 0.327 e. The second-order valence-electron chi connectivity index (χ2n) is 4.15. The quantitative estimate of drug-likeness (QED) is 0.519. The molecule has 0 aromatic rings. The van der Waals surface area contributed by atoms with Crippen molar-refractivity contribution in [1.29, 1.82) is 0 Å². The van der Waals surface area contributed by atoms with Crippen molar-refractivity contribution < 1.29 is 9.59 Å². The number of hydrogen-bond acceptors (Lipinski definition) is 2. The van der Waals surface area contributed by atoms with Crippen LogP contribution in [-0.2, 0) is 4.79 Å². The Bertz CT molecular complexity index is 295. The maximum atomic E-state index is 11.9. The zero-order chi connectivity index (χ0) is 10.8. The molecule has 0 aromatic carbocycles. The number of amides is 3. The van der Waals surface area contributed by atoms with Crippen molar-refractivity contribution in [3.63, 3.8) is 0 Å². The molecule has 2 fully saturated rings. The number of imide groups is 1. The van der Waals surface area contributed by atoms with Gasteiger partial charge in [-0.1, -0.05) is 18.9 Å². The van der Waals surface area contributed by atoms with Crippen molar-refractivity contribution in [3.05, 3.63) is 12.7 Å². The first-order valence-corrected chi connectivity index (χ1v) is 5.46. The van der Waals surface area contributed by atoms with Gasteiger partial charge in [0.25, 0.3) is 5.91 Å². The summed E-state index contributed by atoms with van der Waals surface area (Å²) in [7, 11) is 0. The summed E-state index contributed by atoms with van der Waals surface area (Å²) in [6.07, 6.45) is 5.86. The van der Waals surface area contributed by atoms with Crippen molar-refractivity contribution in [1.82, 2.24) is 9.80 Å².